The lowest BCUT2D eigenvalue weighted by Crippen LogP contribution is -2.53. The van der Waals surface area contributed by atoms with Gasteiger partial charge in [0.1, 0.15) is 17.7 Å². The van der Waals surface area contributed by atoms with Gasteiger partial charge in [-0.25, -0.2) is 13.4 Å². The molecule has 0 spiro atoms. The number of nitrogens with one attached hydrogen (secondary N) is 2. The number of hydrogen-bond acceptors (Lipinski definition) is 9. The van der Waals surface area contributed by atoms with Crippen molar-refractivity contribution in [2.24, 2.45) is 0 Å². The van der Waals surface area contributed by atoms with Crippen molar-refractivity contribution in [3.63, 3.8) is 0 Å². The summed E-state index contributed by atoms with van der Waals surface area (Å²) in [6, 6.07) is 12.4. The van der Waals surface area contributed by atoms with Crippen LogP contribution in [-0.2, 0) is 9.84 Å². The summed E-state index contributed by atoms with van der Waals surface area (Å²) in [5.74, 6) is 3.94. The minimum absolute atomic E-state index is 0.173. The Morgan fingerprint density at radius 2 is 1.68 bits per heavy atom. The fourth-order valence-electron chi connectivity index (χ4n) is 6.34. The van der Waals surface area contributed by atoms with Gasteiger partial charge >= 0.3 is 0 Å². The first-order chi connectivity index (χ1) is 18.5. The molecule has 2 atom stereocenters. The maximum atomic E-state index is 11.6. The first-order valence-electron chi connectivity index (χ1n) is 13.6. The summed E-state index contributed by atoms with van der Waals surface area (Å²) in [6.07, 6.45) is 9.52. The molecule has 3 aromatic rings. The highest BCUT2D eigenvalue weighted by Gasteiger charge is 2.38. The number of fused-ring (bicyclic) bond motifs is 5. The predicted octanol–water partition coefficient (Wildman–Crippen LogP) is 4.36. The Morgan fingerprint density at radius 1 is 0.895 bits per heavy atom. The molecule has 9 nitrogen and oxygen atoms in total. The maximum absolute atomic E-state index is 11.6. The Bertz CT molecular complexity index is 1430. The molecule has 198 valence electrons. The van der Waals surface area contributed by atoms with Crippen molar-refractivity contribution in [2.75, 3.05) is 35.2 Å². The summed E-state index contributed by atoms with van der Waals surface area (Å²) >= 11 is 0. The zero-order chi connectivity index (χ0) is 25.7. The third-order valence-corrected chi connectivity index (χ3v) is 10.1. The second-order valence-electron chi connectivity index (χ2n) is 11.0. The second kappa shape index (κ2) is 9.50. The fourth-order valence-corrected chi connectivity index (χ4v) is 7.57. The average Bonchev–Trinajstić information content (AvgIpc) is 3.50. The first kappa shape index (κ1) is 23.8. The van der Waals surface area contributed by atoms with Gasteiger partial charge in [-0.15, -0.1) is 0 Å². The number of sulfone groups is 1. The highest BCUT2D eigenvalue weighted by molar-refractivity contribution is 7.91. The van der Waals surface area contributed by atoms with Gasteiger partial charge in [-0.2, -0.15) is 4.98 Å². The van der Waals surface area contributed by atoms with Crippen molar-refractivity contribution in [1.29, 1.82) is 0 Å². The number of hydrogen-bond donors (Lipinski definition) is 2. The van der Waals surface area contributed by atoms with Gasteiger partial charge in [-0.3, -0.25) is 9.88 Å². The Hall–Kier alpha value is -3.24. The molecule has 2 saturated carbocycles. The van der Waals surface area contributed by atoms with Crippen LogP contribution < -0.4 is 15.4 Å². The van der Waals surface area contributed by atoms with Crippen molar-refractivity contribution in [1.82, 2.24) is 19.9 Å². The molecule has 2 bridgehead atoms. The summed E-state index contributed by atoms with van der Waals surface area (Å²) in [7, 11) is -2.84. The van der Waals surface area contributed by atoms with Crippen molar-refractivity contribution in [3.8, 4) is 5.75 Å². The zero-order valence-electron chi connectivity index (χ0n) is 21.2. The number of ether oxygens (including phenoxy) is 1. The molecule has 1 saturated heterocycles. The summed E-state index contributed by atoms with van der Waals surface area (Å²) in [5, 5.41) is 6.66. The van der Waals surface area contributed by atoms with Gasteiger partial charge in [0.25, 0.3) is 0 Å². The van der Waals surface area contributed by atoms with E-state index in [4.69, 9.17) is 9.72 Å². The Morgan fingerprint density at radius 3 is 2.50 bits per heavy atom. The molecule has 1 aromatic carbocycles. The van der Waals surface area contributed by atoms with Crippen molar-refractivity contribution < 1.29 is 13.2 Å². The van der Waals surface area contributed by atoms with Gasteiger partial charge in [0.2, 0.25) is 5.95 Å². The van der Waals surface area contributed by atoms with Crippen LogP contribution in [0.4, 0.5) is 23.1 Å². The van der Waals surface area contributed by atoms with Gasteiger partial charge in [-0.1, -0.05) is 0 Å². The molecule has 2 aromatic heterocycles. The molecule has 10 heteroatoms. The van der Waals surface area contributed by atoms with Crippen LogP contribution in [0.5, 0.6) is 5.75 Å². The molecule has 0 amide bonds. The summed E-state index contributed by atoms with van der Waals surface area (Å²) in [4.78, 5) is 16.0. The van der Waals surface area contributed by atoms with E-state index in [1.54, 1.807) is 6.20 Å². The minimum Gasteiger partial charge on any atom is -0.490 e. The normalized spacial score (nSPS) is 27.4. The molecule has 3 heterocycles. The summed E-state index contributed by atoms with van der Waals surface area (Å²) in [5.41, 5.74) is 4.54. The van der Waals surface area contributed by atoms with Crippen molar-refractivity contribution in [2.45, 2.75) is 56.1 Å². The number of nitrogens with zero attached hydrogens (tertiary/aromatic N) is 4. The van der Waals surface area contributed by atoms with Gasteiger partial charge in [0.15, 0.2) is 9.84 Å². The SMILES string of the molecule is O=S1(=O)CCN(C2CC(Oc3ccc(Nc4nccc(Nc5cnc6c(c5)C5CCC6C5)n4)cc3)C2)CC1. The van der Waals surface area contributed by atoms with E-state index in [1.165, 1.54) is 30.5 Å². The van der Waals surface area contributed by atoms with Crippen molar-refractivity contribution in [3.05, 3.63) is 60.0 Å². The van der Waals surface area contributed by atoms with Gasteiger partial charge < -0.3 is 15.4 Å². The average molecular weight is 533 g/mol. The predicted molar refractivity (Wildman–Crippen MR) is 146 cm³/mol. The van der Waals surface area contributed by atoms with Crippen LogP contribution in [0.3, 0.4) is 0 Å². The second-order valence-corrected chi connectivity index (χ2v) is 13.3. The zero-order valence-corrected chi connectivity index (χ0v) is 22.0. The van der Waals surface area contributed by atoms with Crippen LogP contribution in [0, 0.1) is 0 Å². The molecule has 2 N–H and O–H groups in total. The van der Waals surface area contributed by atoms with Crippen LogP contribution >= 0.6 is 0 Å². The maximum Gasteiger partial charge on any atom is 0.229 e. The van der Waals surface area contributed by atoms with Crippen LogP contribution in [0.1, 0.15) is 55.2 Å². The number of pyridine rings is 1. The van der Waals surface area contributed by atoms with Gasteiger partial charge in [0.05, 0.1) is 23.4 Å². The van der Waals surface area contributed by atoms with Crippen LogP contribution in [0.2, 0.25) is 0 Å². The lowest BCUT2D eigenvalue weighted by molar-refractivity contribution is 0.0212. The van der Waals surface area contributed by atoms with E-state index >= 15 is 0 Å². The topological polar surface area (TPSA) is 109 Å². The molecule has 1 aliphatic heterocycles. The van der Waals surface area contributed by atoms with E-state index in [9.17, 15) is 8.42 Å². The molecule has 7 rings (SSSR count). The van der Waals surface area contributed by atoms with E-state index in [0.29, 0.717) is 36.9 Å². The molecule has 3 aliphatic carbocycles. The van der Waals surface area contributed by atoms with Crippen LogP contribution in [-0.4, -0.2) is 65.0 Å². The van der Waals surface area contributed by atoms with Crippen LogP contribution in [0.25, 0.3) is 0 Å². The smallest absolute Gasteiger partial charge is 0.229 e. The summed E-state index contributed by atoms with van der Waals surface area (Å²) < 4.78 is 29.4. The van der Waals surface area contributed by atoms with Crippen LogP contribution in [0.15, 0.2) is 48.8 Å². The molecule has 4 aliphatic rings. The highest BCUT2D eigenvalue weighted by atomic mass is 32.2. The number of rotatable bonds is 7. The summed E-state index contributed by atoms with van der Waals surface area (Å²) in [6.45, 7) is 1.29. The minimum atomic E-state index is -2.84. The molecule has 38 heavy (non-hydrogen) atoms. The molecular weight excluding hydrogens is 500 g/mol. The van der Waals surface area contributed by atoms with E-state index in [2.05, 4.69) is 31.6 Å². The molecular formula is C28H32N6O3S. The van der Waals surface area contributed by atoms with Crippen molar-refractivity contribution >= 4 is 33.0 Å². The Labute approximate surface area is 223 Å². The molecule has 3 fully saturated rings. The lowest BCUT2D eigenvalue weighted by Gasteiger charge is -2.44. The van der Waals surface area contributed by atoms with E-state index in [0.717, 1.165) is 35.8 Å². The Kier molecular flexibility index (Phi) is 5.96. The largest absolute Gasteiger partial charge is 0.490 e. The van der Waals surface area contributed by atoms with E-state index < -0.39 is 9.84 Å². The van der Waals surface area contributed by atoms with Gasteiger partial charge in [-0.05, 0) is 67.1 Å². The number of benzene rings is 1. The fraction of sp³-hybridized carbons (Fsp3) is 0.464. The number of aromatic nitrogens is 3. The quantitative estimate of drug-likeness (QED) is 0.459. The Balaban J connectivity index is 0.923. The molecule has 0 radical (unpaired) electrons. The third-order valence-electron chi connectivity index (χ3n) is 8.52. The third kappa shape index (κ3) is 4.82. The van der Waals surface area contributed by atoms with E-state index in [1.807, 2.05) is 36.5 Å². The molecule has 2 unspecified atom stereocenters. The lowest BCUT2D eigenvalue weighted by atomic mass is 9.87. The van der Waals surface area contributed by atoms with E-state index in [-0.39, 0.29) is 17.6 Å². The standard InChI is InChI=1S/C28H32N6O3S/c35-38(36)11-9-34(10-12-38)22-15-24(16-22)37-23-5-3-20(4-6-23)32-28-29-8-7-26(33-28)31-21-14-25-18-1-2-19(13-18)27(25)30-17-21/h3-8,14,17-19,22,24H,1-2,9-13,15-16H2,(H2,29,31,32,33). The monoisotopic (exact) mass is 532 g/mol. The highest BCUT2D eigenvalue weighted by Crippen LogP contribution is 2.52. The number of anilines is 4. The van der Waals surface area contributed by atoms with Gasteiger partial charge in [0, 0.05) is 55.5 Å². The first-order valence-corrected chi connectivity index (χ1v) is 15.4.